The molecule has 1 rings (SSSR count). The van der Waals surface area contributed by atoms with Gasteiger partial charge in [0.2, 0.25) is 0 Å². The van der Waals surface area contributed by atoms with Gasteiger partial charge in [0.1, 0.15) is 6.07 Å². The van der Waals surface area contributed by atoms with Crippen LogP contribution in [0.15, 0.2) is 12.1 Å². The summed E-state index contributed by atoms with van der Waals surface area (Å²) in [5.74, 6) is 0.561. The van der Waals surface area contributed by atoms with Gasteiger partial charge < -0.3 is 0 Å². The van der Waals surface area contributed by atoms with Gasteiger partial charge in [-0.25, -0.2) is 0 Å². The van der Waals surface area contributed by atoms with Crippen LogP contribution in [-0.4, -0.2) is 0 Å². The van der Waals surface area contributed by atoms with Crippen LogP contribution in [0.2, 0.25) is 10.0 Å². The first kappa shape index (κ1) is 9.73. The second-order valence-electron chi connectivity index (χ2n) is 2.20. The zero-order valence-corrected chi connectivity index (χ0v) is 8.42. The maximum Gasteiger partial charge on any atom is 0.102 e. The molecule has 0 aromatic heterocycles. The van der Waals surface area contributed by atoms with Crippen molar-refractivity contribution < 1.29 is 0 Å². The third-order valence-corrected chi connectivity index (χ3v) is 2.36. The van der Waals surface area contributed by atoms with Crippen LogP contribution in [0.25, 0.3) is 0 Å². The van der Waals surface area contributed by atoms with Crippen LogP contribution >= 0.6 is 35.8 Å². The van der Waals surface area contributed by atoms with E-state index in [9.17, 15) is 0 Å². The minimum absolute atomic E-state index is 0.323. The van der Waals surface area contributed by atoms with Crippen LogP contribution in [0.1, 0.15) is 11.1 Å². The summed E-state index contributed by atoms with van der Waals surface area (Å²) in [7, 11) is 0. The van der Waals surface area contributed by atoms with E-state index in [0.29, 0.717) is 21.4 Å². The molecule has 0 radical (unpaired) electrons. The molecule has 1 nitrogen and oxygen atoms in total. The number of rotatable bonds is 1. The Morgan fingerprint density at radius 3 is 2.17 bits per heavy atom. The third kappa shape index (κ3) is 1.87. The number of benzene rings is 1. The molecule has 0 saturated heterocycles. The van der Waals surface area contributed by atoms with Gasteiger partial charge in [-0.1, -0.05) is 23.2 Å². The summed E-state index contributed by atoms with van der Waals surface area (Å²) in [6.07, 6.45) is 0. The molecule has 1 aromatic carbocycles. The normalized spacial score (nSPS) is 9.50. The molecule has 12 heavy (non-hydrogen) atoms. The van der Waals surface area contributed by atoms with Crippen molar-refractivity contribution in [1.82, 2.24) is 0 Å². The predicted octanol–water partition coefficient (Wildman–Crippen LogP) is 3.29. The molecule has 0 amide bonds. The maximum absolute atomic E-state index is 8.62. The van der Waals surface area contributed by atoms with E-state index in [1.54, 1.807) is 12.1 Å². The molecule has 0 saturated carbocycles. The summed E-state index contributed by atoms with van der Waals surface area (Å²) in [6.45, 7) is 0. The Hall–Kier alpha value is -0.360. The fraction of sp³-hybridized carbons (Fsp3) is 0.125. The van der Waals surface area contributed by atoms with Gasteiger partial charge in [0.05, 0.1) is 15.6 Å². The van der Waals surface area contributed by atoms with E-state index in [2.05, 4.69) is 12.6 Å². The minimum atomic E-state index is 0.323. The molecule has 0 spiro atoms. The number of nitriles is 1. The topological polar surface area (TPSA) is 23.8 Å². The molecule has 0 bridgehead atoms. The van der Waals surface area contributed by atoms with E-state index in [-0.39, 0.29) is 0 Å². The van der Waals surface area contributed by atoms with Gasteiger partial charge >= 0.3 is 0 Å². The summed E-state index contributed by atoms with van der Waals surface area (Å²) in [5, 5.41) is 9.39. The highest BCUT2D eigenvalue weighted by atomic mass is 35.5. The zero-order valence-electron chi connectivity index (χ0n) is 6.01. The number of thiol groups is 1. The number of halogens is 2. The van der Waals surface area contributed by atoms with Crippen LogP contribution in [-0.2, 0) is 5.75 Å². The standard InChI is InChI=1S/C8H5Cl2NS/c9-7-1-5(4-12)2-8(10)6(7)3-11/h1-2,12H,4H2. The SMILES string of the molecule is N#Cc1c(Cl)cc(CS)cc1Cl. The molecule has 0 heterocycles. The lowest BCUT2D eigenvalue weighted by atomic mass is 10.2. The van der Waals surface area contributed by atoms with Crippen LogP contribution in [0.4, 0.5) is 0 Å². The molecule has 62 valence electrons. The number of nitrogens with zero attached hydrogens (tertiary/aromatic N) is 1. The lowest BCUT2D eigenvalue weighted by Gasteiger charge is -2.01. The van der Waals surface area contributed by atoms with Crippen molar-refractivity contribution in [3.63, 3.8) is 0 Å². The highest BCUT2D eigenvalue weighted by Crippen LogP contribution is 2.26. The zero-order chi connectivity index (χ0) is 9.14. The summed E-state index contributed by atoms with van der Waals surface area (Å²) in [5.41, 5.74) is 1.23. The lowest BCUT2D eigenvalue weighted by molar-refractivity contribution is 1.40. The second-order valence-corrected chi connectivity index (χ2v) is 3.34. The van der Waals surface area contributed by atoms with Crippen molar-refractivity contribution in [2.75, 3.05) is 0 Å². The van der Waals surface area contributed by atoms with Crippen molar-refractivity contribution in [3.05, 3.63) is 33.3 Å². The van der Waals surface area contributed by atoms with E-state index in [4.69, 9.17) is 28.5 Å². The molecule has 0 atom stereocenters. The van der Waals surface area contributed by atoms with Gasteiger partial charge in [-0.15, -0.1) is 0 Å². The van der Waals surface area contributed by atoms with E-state index in [1.165, 1.54) is 0 Å². The molecular formula is C8H5Cl2NS. The smallest absolute Gasteiger partial charge is 0.102 e. The molecule has 0 aliphatic carbocycles. The van der Waals surface area contributed by atoms with Crippen LogP contribution < -0.4 is 0 Å². The third-order valence-electron chi connectivity index (χ3n) is 1.40. The summed E-state index contributed by atoms with van der Waals surface area (Å²) < 4.78 is 0. The molecule has 4 heteroatoms. The Bertz CT molecular complexity index is 320. The monoisotopic (exact) mass is 217 g/mol. The summed E-state index contributed by atoms with van der Waals surface area (Å²) in [6, 6.07) is 5.31. The highest BCUT2D eigenvalue weighted by Gasteiger charge is 2.06. The van der Waals surface area contributed by atoms with Crippen LogP contribution in [0.3, 0.4) is 0 Å². The number of hydrogen-bond acceptors (Lipinski definition) is 2. The van der Waals surface area contributed by atoms with E-state index < -0.39 is 0 Å². The molecule has 0 unspecified atom stereocenters. The molecule has 0 N–H and O–H groups in total. The fourth-order valence-corrected chi connectivity index (χ4v) is 1.62. The van der Waals surface area contributed by atoms with E-state index in [1.807, 2.05) is 6.07 Å². The van der Waals surface area contributed by atoms with Crippen molar-refractivity contribution in [2.45, 2.75) is 5.75 Å². The molecule has 1 aromatic rings. The Morgan fingerprint density at radius 1 is 1.33 bits per heavy atom. The van der Waals surface area contributed by atoms with Crippen molar-refractivity contribution >= 4 is 35.8 Å². The Labute approximate surface area is 86.3 Å². The van der Waals surface area contributed by atoms with Gasteiger partial charge in [0.15, 0.2) is 0 Å². The molecule has 0 aliphatic heterocycles. The maximum atomic E-state index is 8.62. The first-order chi connectivity index (χ1) is 5.69. The molecule has 0 fully saturated rings. The summed E-state index contributed by atoms with van der Waals surface area (Å²) >= 11 is 15.6. The molecule has 0 aliphatic rings. The van der Waals surface area contributed by atoms with Gasteiger partial charge in [-0.3, -0.25) is 0 Å². The Kier molecular flexibility index (Phi) is 3.28. The van der Waals surface area contributed by atoms with E-state index in [0.717, 1.165) is 5.56 Å². The average molecular weight is 218 g/mol. The highest BCUT2D eigenvalue weighted by molar-refractivity contribution is 7.79. The van der Waals surface area contributed by atoms with Crippen molar-refractivity contribution in [1.29, 1.82) is 5.26 Å². The largest absolute Gasteiger partial charge is 0.192 e. The predicted molar refractivity (Wildman–Crippen MR) is 53.9 cm³/mol. The van der Waals surface area contributed by atoms with E-state index >= 15 is 0 Å². The average Bonchev–Trinajstić information content (AvgIpc) is 2.03. The molecular weight excluding hydrogens is 213 g/mol. The van der Waals surface area contributed by atoms with Gasteiger partial charge in [-0.2, -0.15) is 17.9 Å². The first-order valence-electron chi connectivity index (χ1n) is 3.18. The first-order valence-corrected chi connectivity index (χ1v) is 4.56. The van der Waals surface area contributed by atoms with Crippen molar-refractivity contribution in [3.8, 4) is 6.07 Å². The quantitative estimate of drug-likeness (QED) is 0.718. The Morgan fingerprint density at radius 2 is 1.83 bits per heavy atom. The van der Waals surface area contributed by atoms with Crippen molar-refractivity contribution in [2.24, 2.45) is 0 Å². The lowest BCUT2D eigenvalue weighted by Crippen LogP contribution is -1.84. The minimum Gasteiger partial charge on any atom is -0.192 e. The fourth-order valence-electron chi connectivity index (χ4n) is 0.824. The summed E-state index contributed by atoms with van der Waals surface area (Å²) in [4.78, 5) is 0. The Balaban J connectivity index is 3.30. The second kappa shape index (κ2) is 4.04. The van der Waals surface area contributed by atoms with Crippen LogP contribution in [0, 0.1) is 11.3 Å². The van der Waals surface area contributed by atoms with Gasteiger partial charge in [0.25, 0.3) is 0 Å². The number of hydrogen-bond donors (Lipinski definition) is 1. The van der Waals surface area contributed by atoms with Crippen LogP contribution in [0.5, 0.6) is 0 Å². The van der Waals surface area contributed by atoms with Gasteiger partial charge in [-0.05, 0) is 17.7 Å². The van der Waals surface area contributed by atoms with Gasteiger partial charge in [0, 0.05) is 5.75 Å².